The summed E-state index contributed by atoms with van der Waals surface area (Å²) in [5.74, 6) is -0.0501. The highest BCUT2D eigenvalue weighted by Gasteiger charge is 2.18. The fourth-order valence-electron chi connectivity index (χ4n) is 1.64. The summed E-state index contributed by atoms with van der Waals surface area (Å²) in [7, 11) is 0. The molecule has 0 radical (unpaired) electrons. The number of esters is 1. The molecule has 2 unspecified atom stereocenters. The van der Waals surface area contributed by atoms with Gasteiger partial charge in [0.2, 0.25) is 0 Å². The zero-order valence-electron chi connectivity index (χ0n) is 9.85. The molecule has 0 aromatic heterocycles. The summed E-state index contributed by atoms with van der Waals surface area (Å²) in [4.78, 5) is 11.4. The number of rotatable bonds is 5. The molecule has 0 fully saturated rings. The van der Waals surface area contributed by atoms with Crippen LogP contribution in [0.2, 0.25) is 0 Å². The molecule has 0 spiro atoms. The number of carbonyl (C=O) groups excluding carboxylic acids is 1. The van der Waals surface area contributed by atoms with Crippen LogP contribution < -0.4 is 5.73 Å². The number of hydrogen-bond donors (Lipinski definition) is 1. The average molecular weight is 221 g/mol. The molecule has 0 aliphatic heterocycles. The Morgan fingerprint density at radius 2 is 2.00 bits per heavy atom. The number of benzene rings is 1. The van der Waals surface area contributed by atoms with Crippen LogP contribution in [-0.2, 0) is 9.53 Å². The van der Waals surface area contributed by atoms with Crippen molar-refractivity contribution < 1.29 is 9.53 Å². The fourth-order valence-corrected chi connectivity index (χ4v) is 1.64. The van der Waals surface area contributed by atoms with Crippen molar-refractivity contribution in [3.8, 4) is 0 Å². The summed E-state index contributed by atoms with van der Waals surface area (Å²) < 4.78 is 4.88. The molecule has 3 heteroatoms. The Hall–Kier alpha value is -1.35. The van der Waals surface area contributed by atoms with Crippen LogP contribution in [0.25, 0.3) is 0 Å². The molecule has 16 heavy (non-hydrogen) atoms. The molecular weight excluding hydrogens is 202 g/mol. The van der Waals surface area contributed by atoms with E-state index in [0.717, 1.165) is 0 Å². The zero-order valence-corrected chi connectivity index (χ0v) is 9.85. The Bertz CT molecular complexity index is 324. The predicted octanol–water partition coefficient (Wildman–Crippen LogP) is 2.07. The van der Waals surface area contributed by atoms with E-state index in [1.54, 1.807) is 6.92 Å². The second kappa shape index (κ2) is 6.28. The summed E-state index contributed by atoms with van der Waals surface area (Å²) in [6.07, 6.45) is 0.614. The van der Waals surface area contributed by atoms with Crippen LogP contribution in [0.4, 0.5) is 0 Å². The van der Waals surface area contributed by atoms with Gasteiger partial charge in [0.25, 0.3) is 0 Å². The van der Waals surface area contributed by atoms with Crippen LogP contribution in [0.1, 0.15) is 31.7 Å². The van der Waals surface area contributed by atoms with Crippen LogP contribution in [-0.4, -0.2) is 18.6 Å². The molecule has 88 valence electrons. The highest BCUT2D eigenvalue weighted by atomic mass is 16.5. The first-order valence-electron chi connectivity index (χ1n) is 5.62. The number of ether oxygens (including phenoxy) is 1. The normalized spacial score (nSPS) is 14.2. The molecule has 0 saturated heterocycles. The average Bonchev–Trinajstić information content (AvgIpc) is 2.30. The minimum Gasteiger partial charge on any atom is -0.465 e. The number of nitrogens with two attached hydrogens (primary N) is 1. The third-order valence-electron chi connectivity index (χ3n) is 2.57. The van der Waals surface area contributed by atoms with Crippen LogP contribution in [0.5, 0.6) is 0 Å². The minimum atomic E-state index is -0.532. The van der Waals surface area contributed by atoms with E-state index >= 15 is 0 Å². The Morgan fingerprint density at radius 3 is 2.56 bits per heavy atom. The number of hydrogen-bond acceptors (Lipinski definition) is 3. The molecule has 0 aliphatic rings. The van der Waals surface area contributed by atoms with Crippen LogP contribution in [0.15, 0.2) is 30.3 Å². The van der Waals surface area contributed by atoms with Crippen LogP contribution >= 0.6 is 0 Å². The minimum absolute atomic E-state index is 0.264. The molecule has 0 bridgehead atoms. The molecule has 0 amide bonds. The third-order valence-corrected chi connectivity index (χ3v) is 2.57. The summed E-state index contributed by atoms with van der Waals surface area (Å²) in [6, 6.07) is 9.51. The smallest absolute Gasteiger partial charge is 0.322 e. The molecule has 1 aromatic carbocycles. The van der Waals surface area contributed by atoms with E-state index in [-0.39, 0.29) is 11.9 Å². The van der Waals surface area contributed by atoms with E-state index < -0.39 is 6.04 Å². The monoisotopic (exact) mass is 221 g/mol. The summed E-state index contributed by atoms with van der Waals surface area (Å²) in [6.45, 7) is 4.23. The molecule has 1 aromatic rings. The van der Waals surface area contributed by atoms with E-state index in [4.69, 9.17) is 10.5 Å². The van der Waals surface area contributed by atoms with Gasteiger partial charge in [-0.25, -0.2) is 0 Å². The first kappa shape index (κ1) is 12.7. The Kier molecular flexibility index (Phi) is 4.99. The van der Waals surface area contributed by atoms with Crippen molar-refractivity contribution in [1.82, 2.24) is 0 Å². The maximum absolute atomic E-state index is 11.4. The van der Waals surface area contributed by atoms with Gasteiger partial charge in [-0.15, -0.1) is 0 Å². The fraction of sp³-hybridized carbons (Fsp3) is 0.462. The summed E-state index contributed by atoms with van der Waals surface area (Å²) in [5.41, 5.74) is 6.96. The maximum Gasteiger partial charge on any atom is 0.322 e. The summed E-state index contributed by atoms with van der Waals surface area (Å²) in [5, 5.41) is 0. The highest BCUT2D eigenvalue weighted by Crippen LogP contribution is 2.19. The van der Waals surface area contributed by atoms with E-state index in [1.807, 2.05) is 30.3 Å². The quantitative estimate of drug-likeness (QED) is 0.774. The van der Waals surface area contributed by atoms with Crippen molar-refractivity contribution in [3.05, 3.63) is 35.9 Å². The van der Waals surface area contributed by atoms with Gasteiger partial charge in [-0.1, -0.05) is 37.3 Å². The topological polar surface area (TPSA) is 52.3 Å². The molecular formula is C13H19NO2. The second-order valence-electron chi connectivity index (χ2n) is 3.91. The molecule has 0 aliphatic carbocycles. The van der Waals surface area contributed by atoms with Crippen molar-refractivity contribution in [2.75, 3.05) is 6.61 Å². The van der Waals surface area contributed by atoms with Crippen molar-refractivity contribution >= 4 is 5.97 Å². The lowest BCUT2D eigenvalue weighted by Gasteiger charge is -2.16. The van der Waals surface area contributed by atoms with Gasteiger partial charge in [0.15, 0.2) is 0 Å². The molecule has 0 saturated carbocycles. The van der Waals surface area contributed by atoms with Gasteiger partial charge in [0.05, 0.1) is 6.61 Å². The van der Waals surface area contributed by atoms with Gasteiger partial charge in [-0.3, -0.25) is 4.79 Å². The molecule has 0 heterocycles. The van der Waals surface area contributed by atoms with E-state index in [1.165, 1.54) is 5.56 Å². The van der Waals surface area contributed by atoms with Gasteiger partial charge in [0.1, 0.15) is 6.04 Å². The zero-order chi connectivity index (χ0) is 12.0. The number of carbonyl (C=O) groups is 1. The Balaban J connectivity index is 2.51. The van der Waals surface area contributed by atoms with Gasteiger partial charge < -0.3 is 10.5 Å². The SMILES string of the molecule is CCOC(=O)C(N)CC(C)c1ccccc1. The maximum atomic E-state index is 11.4. The van der Waals surface area contributed by atoms with E-state index in [2.05, 4.69) is 6.92 Å². The molecule has 2 N–H and O–H groups in total. The second-order valence-corrected chi connectivity index (χ2v) is 3.91. The van der Waals surface area contributed by atoms with Crippen molar-refractivity contribution in [3.63, 3.8) is 0 Å². The lowest BCUT2D eigenvalue weighted by atomic mass is 9.94. The predicted molar refractivity (Wildman–Crippen MR) is 64.1 cm³/mol. The summed E-state index contributed by atoms with van der Waals surface area (Å²) >= 11 is 0. The van der Waals surface area contributed by atoms with Crippen molar-refractivity contribution in [1.29, 1.82) is 0 Å². The van der Waals surface area contributed by atoms with Crippen molar-refractivity contribution in [2.45, 2.75) is 32.2 Å². The van der Waals surface area contributed by atoms with Crippen molar-refractivity contribution in [2.24, 2.45) is 5.73 Å². The van der Waals surface area contributed by atoms with Crippen LogP contribution in [0, 0.1) is 0 Å². The Morgan fingerprint density at radius 1 is 1.38 bits per heavy atom. The van der Waals surface area contributed by atoms with E-state index in [0.29, 0.717) is 13.0 Å². The lowest BCUT2D eigenvalue weighted by molar-refractivity contribution is -0.144. The first-order chi connectivity index (χ1) is 7.65. The lowest BCUT2D eigenvalue weighted by Crippen LogP contribution is -2.33. The van der Waals surface area contributed by atoms with Gasteiger partial charge in [-0.05, 0) is 24.8 Å². The Labute approximate surface area is 96.6 Å². The van der Waals surface area contributed by atoms with Gasteiger partial charge >= 0.3 is 5.97 Å². The van der Waals surface area contributed by atoms with Gasteiger partial charge in [-0.2, -0.15) is 0 Å². The first-order valence-corrected chi connectivity index (χ1v) is 5.62. The largest absolute Gasteiger partial charge is 0.465 e. The van der Waals surface area contributed by atoms with Crippen LogP contribution in [0.3, 0.4) is 0 Å². The molecule has 1 rings (SSSR count). The highest BCUT2D eigenvalue weighted by molar-refractivity contribution is 5.75. The standard InChI is InChI=1S/C13H19NO2/c1-3-16-13(15)12(14)9-10(2)11-7-5-4-6-8-11/h4-8,10,12H,3,9,14H2,1-2H3. The van der Waals surface area contributed by atoms with Gasteiger partial charge in [0, 0.05) is 0 Å². The molecule has 3 nitrogen and oxygen atoms in total. The van der Waals surface area contributed by atoms with E-state index in [9.17, 15) is 4.79 Å². The molecule has 2 atom stereocenters. The third kappa shape index (κ3) is 3.66.